The minimum Gasteiger partial charge on any atom is -0.464 e. The van der Waals surface area contributed by atoms with Gasteiger partial charge in [0.15, 0.2) is 5.69 Å². The van der Waals surface area contributed by atoms with E-state index in [0.29, 0.717) is 29.6 Å². The number of ether oxygens (including phenoxy) is 2. The molecule has 25 heavy (non-hydrogen) atoms. The Bertz CT molecular complexity index is 831. The highest BCUT2D eigenvalue weighted by Gasteiger charge is 2.34. The molecular formula is C16H18N4O5. The molecule has 1 unspecified atom stereocenters. The molecule has 0 radical (unpaired) electrons. The standard InChI is InChI=1S/C16H18N4O5/c1-24-15(22)13-10-8-9(5-6-11(10)18-19-13)17-14(21)12-4-3-7-20(12)16(23)25-2/h5-6,8,12H,3-4,7H2,1-2H3,(H,17,21)(H,18,19). The summed E-state index contributed by atoms with van der Waals surface area (Å²) in [6.45, 7) is 0.484. The number of esters is 1. The molecule has 2 amide bonds. The van der Waals surface area contributed by atoms with Crippen LogP contribution in [0.2, 0.25) is 0 Å². The van der Waals surface area contributed by atoms with Gasteiger partial charge in [0.1, 0.15) is 6.04 Å². The highest BCUT2D eigenvalue weighted by atomic mass is 16.5. The third-order valence-electron chi connectivity index (χ3n) is 4.17. The van der Waals surface area contributed by atoms with Gasteiger partial charge in [-0.05, 0) is 31.0 Å². The Balaban J connectivity index is 1.81. The Labute approximate surface area is 143 Å². The number of H-pyrrole nitrogens is 1. The van der Waals surface area contributed by atoms with E-state index in [1.54, 1.807) is 18.2 Å². The number of fused-ring (bicyclic) bond motifs is 1. The zero-order chi connectivity index (χ0) is 18.0. The normalized spacial score (nSPS) is 16.7. The number of nitrogens with zero attached hydrogens (tertiary/aromatic N) is 2. The topological polar surface area (TPSA) is 114 Å². The molecule has 9 heteroatoms. The van der Waals surface area contributed by atoms with Crippen molar-refractivity contribution in [2.75, 3.05) is 26.1 Å². The number of aromatic amines is 1. The number of methoxy groups -OCH3 is 2. The zero-order valence-corrected chi connectivity index (χ0v) is 13.9. The number of amides is 2. The van der Waals surface area contributed by atoms with Crippen molar-refractivity contribution in [3.63, 3.8) is 0 Å². The van der Waals surface area contributed by atoms with Gasteiger partial charge in [-0.15, -0.1) is 0 Å². The third-order valence-corrected chi connectivity index (χ3v) is 4.17. The lowest BCUT2D eigenvalue weighted by Crippen LogP contribution is -2.43. The second-order valence-corrected chi connectivity index (χ2v) is 5.63. The fourth-order valence-electron chi connectivity index (χ4n) is 2.94. The minimum absolute atomic E-state index is 0.144. The van der Waals surface area contributed by atoms with Crippen molar-refractivity contribution in [2.24, 2.45) is 0 Å². The summed E-state index contributed by atoms with van der Waals surface area (Å²) in [7, 11) is 2.56. The van der Waals surface area contributed by atoms with Crippen LogP contribution < -0.4 is 5.32 Å². The van der Waals surface area contributed by atoms with Gasteiger partial charge < -0.3 is 14.8 Å². The molecule has 0 bridgehead atoms. The first-order valence-corrected chi connectivity index (χ1v) is 7.77. The van der Waals surface area contributed by atoms with E-state index in [1.807, 2.05) is 0 Å². The predicted octanol–water partition coefficient (Wildman–Crippen LogP) is 1.52. The number of benzene rings is 1. The second-order valence-electron chi connectivity index (χ2n) is 5.63. The van der Waals surface area contributed by atoms with Crippen molar-refractivity contribution < 1.29 is 23.9 Å². The van der Waals surface area contributed by atoms with E-state index < -0.39 is 18.1 Å². The molecule has 1 fully saturated rings. The highest BCUT2D eigenvalue weighted by molar-refractivity contribution is 6.04. The van der Waals surface area contributed by atoms with Crippen LogP contribution in [0.3, 0.4) is 0 Å². The van der Waals surface area contributed by atoms with Crippen molar-refractivity contribution in [3.05, 3.63) is 23.9 Å². The predicted molar refractivity (Wildman–Crippen MR) is 88.2 cm³/mol. The molecule has 1 saturated heterocycles. The summed E-state index contributed by atoms with van der Waals surface area (Å²) in [4.78, 5) is 37.4. The fourth-order valence-corrected chi connectivity index (χ4v) is 2.94. The van der Waals surface area contributed by atoms with Crippen molar-refractivity contribution in [2.45, 2.75) is 18.9 Å². The molecule has 2 N–H and O–H groups in total. The van der Waals surface area contributed by atoms with Gasteiger partial charge in [0.2, 0.25) is 5.91 Å². The third kappa shape index (κ3) is 3.12. The number of hydrogen-bond acceptors (Lipinski definition) is 6. The first-order valence-electron chi connectivity index (χ1n) is 7.77. The van der Waals surface area contributed by atoms with Gasteiger partial charge in [-0.2, -0.15) is 5.10 Å². The van der Waals surface area contributed by atoms with Crippen LogP contribution in [-0.2, 0) is 14.3 Å². The molecule has 0 saturated carbocycles. The van der Waals surface area contributed by atoms with Gasteiger partial charge >= 0.3 is 12.1 Å². The summed E-state index contributed by atoms with van der Waals surface area (Å²) >= 11 is 0. The average Bonchev–Trinajstić information content (AvgIpc) is 3.27. The number of nitrogens with one attached hydrogen (secondary N) is 2. The lowest BCUT2D eigenvalue weighted by atomic mass is 10.1. The summed E-state index contributed by atoms with van der Waals surface area (Å²) in [6.07, 6.45) is 0.791. The molecule has 1 atom stereocenters. The van der Waals surface area contributed by atoms with E-state index in [2.05, 4.69) is 15.5 Å². The summed E-state index contributed by atoms with van der Waals surface area (Å²) in [5.41, 5.74) is 1.29. The van der Waals surface area contributed by atoms with E-state index in [9.17, 15) is 14.4 Å². The molecule has 0 aliphatic carbocycles. The van der Waals surface area contributed by atoms with E-state index in [0.717, 1.165) is 6.42 Å². The van der Waals surface area contributed by atoms with E-state index in [4.69, 9.17) is 9.47 Å². The Kier molecular flexibility index (Phi) is 4.55. The molecule has 9 nitrogen and oxygen atoms in total. The number of hydrogen-bond donors (Lipinski definition) is 2. The van der Waals surface area contributed by atoms with E-state index >= 15 is 0 Å². The molecule has 3 rings (SSSR count). The maximum absolute atomic E-state index is 12.5. The monoisotopic (exact) mass is 346 g/mol. The highest BCUT2D eigenvalue weighted by Crippen LogP contribution is 2.23. The van der Waals surface area contributed by atoms with E-state index in [1.165, 1.54) is 19.1 Å². The smallest absolute Gasteiger partial charge is 0.410 e. The van der Waals surface area contributed by atoms with Crippen molar-refractivity contribution in [3.8, 4) is 0 Å². The number of likely N-dealkylation sites (tertiary alicyclic amines) is 1. The fraction of sp³-hybridized carbons (Fsp3) is 0.375. The Morgan fingerprint density at radius 3 is 2.80 bits per heavy atom. The van der Waals surface area contributed by atoms with Crippen LogP contribution in [0.1, 0.15) is 23.3 Å². The van der Waals surface area contributed by atoms with Gasteiger partial charge in [0, 0.05) is 17.6 Å². The van der Waals surface area contributed by atoms with Crippen LogP contribution in [0.4, 0.5) is 10.5 Å². The summed E-state index contributed by atoms with van der Waals surface area (Å²) < 4.78 is 9.40. The SMILES string of the molecule is COC(=O)c1n[nH]c2ccc(NC(=O)C3CCCN3C(=O)OC)cc12. The van der Waals surface area contributed by atoms with Crippen LogP contribution in [-0.4, -0.2) is 59.9 Å². The molecule has 1 aromatic heterocycles. The number of rotatable bonds is 3. The zero-order valence-electron chi connectivity index (χ0n) is 13.9. The van der Waals surface area contributed by atoms with Gasteiger partial charge in [-0.1, -0.05) is 0 Å². The van der Waals surface area contributed by atoms with Crippen molar-refractivity contribution in [1.29, 1.82) is 0 Å². The number of anilines is 1. The first kappa shape index (κ1) is 16.7. The molecule has 2 heterocycles. The van der Waals surface area contributed by atoms with Crippen LogP contribution in [0, 0.1) is 0 Å². The van der Waals surface area contributed by atoms with Gasteiger partial charge in [-0.25, -0.2) is 9.59 Å². The molecule has 1 aromatic carbocycles. The molecule has 0 spiro atoms. The van der Waals surface area contributed by atoms with Crippen LogP contribution in [0.5, 0.6) is 0 Å². The molecule has 1 aliphatic heterocycles. The summed E-state index contributed by atoms with van der Waals surface area (Å²) in [5.74, 6) is -0.868. The average molecular weight is 346 g/mol. The van der Waals surface area contributed by atoms with Crippen LogP contribution >= 0.6 is 0 Å². The first-order chi connectivity index (χ1) is 12.0. The van der Waals surface area contributed by atoms with E-state index in [-0.39, 0.29) is 11.6 Å². The Morgan fingerprint density at radius 1 is 1.28 bits per heavy atom. The molecule has 1 aliphatic rings. The number of carbonyl (C=O) groups is 3. The minimum atomic E-state index is -0.576. The van der Waals surface area contributed by atoms with Crippen LogP contribution in [0.25, 0.3) is 10.9 Å². The largest absolute Gasteiger partial charge is 0.464 e. The second kappa shape index (κ2) is 6.80. The molecular weight excluding hydrogens is 328 g/mol. The Morgan fingerprint density at radius 2 is 2.08 bits per heavy atom. The summed E-state index contributed by atoms with van der Waals surface area (Å²) in [5, 5.41) is 9.98. The number of carbonyl (C=O) groups excluding carboxylic acids is 3. The van der Waals surface area contributed by atoms with Crippen molar-refractivity contribution >= 4 is 34.6 Å². The van der Waals surface area contributed by atoms with Gasteiger partial charge in [-0.3, -0.25) is 14.8 Å². The maximum Gasteiger partial charge on any atom is 0.410 e. The molecule has 2 aromatic rings. The summed E-state index contributed by atoms with van der Waals surface area (Å²) in [6, 6.07) is 4.46. The Hall–Kier alpha value is -3.10. The number of aromatic nitrogens is 2. The lowest BCUT2D eigenvalue weighted by molar-refractivity contribution is -0.119. The quantitative estimate of drug-likeness (QED) is 0.815. The lowest BCUT2D eigenvalue weighted by Gasteiger charge is -2.22. The maximum atomic E-state index is 12.5. The molecule has 132 valence electrons. The van der Waals surface area contributed by atoms with Gasteiger partial charge in [0.25, 0.3) is 0 Å². The van der Waals surface area contributed by atoms with Gasteiger partial charge in [0.05, 0.1) is 19.7 Å². The van der Waals surface area contributed by atoms with Crippen molar-refractivity contribution in [1.82, 2.24) is 15.1 Å². The van der Waals surface area contributed by atoms with Crippen LogP contribution in [0.15, 0.2) is 18.2 Å².